The maximum absolute atomic E-state index is 12.5. The van der Waals surface area contributed by atoms with E-state index in [-0.39, 0.29) is 17.9 Å². The Morgan fingerprint density at radius 2 is 2.05 bits per heavy atom. The van der Waals surface area contributed by atoms with E-state index in [9.17, 15) is 9.59 Å². The van der Waals surface area contributed by atoms with Crippen LogP contribution in [0.15, 0.2) is 0 Å². The van der Waals surface area contributed by atoms with E-state index < -0.39 is 11.6 Å². The van der Waals surface area contributed by atoms with Crippen molar-refractivity contribution in [1.82, 2.24) is 10.2 Å². The van der Waals surface area contributed by atoms with E-state index in [0.29, 0.717) is 6.54 Å². The number of nitrogens with one attached hydrogen (secondary N) is 1. The van der Waals surface area contributed by atoms with Crippen molar-refractivity contribution in [1.29, 1.82) is 0 Å². The molecule has 1 N–H and O–H groups in total. The number of piperazine rings is 1. The van der Waals surface area contributed by atoms with Gasteiger partial charge in [0.25, 0.3) is 0 Å². The number of ether oxygens (including phenoxy) is 1. The molecule has 2 atom stereocenters. The molecule has 2 heterocycles. The molecule has 2 amide bonds. The molecule has 0 radical (unpaired) electrons. The Morgan fingerprint density at radius 1 is 1.32 bits per heavy atom. The SMILES string of the molecule is CC1NC(=O)C2(CCCC2)N(CC2CCCO2)C1=O. The second-order valence-electron chi connectivity index (χ2n) is 6.02. The van der Waals surface area contributed by atoms with Crippen LogP contribution in [0.4, 0.5) is 0 Å². The monoisotopic (exact) mass is 266 g/mol. The average molecular weight is 266 g/mol. The summed E-state index contributed by atoms with van der Waals surface area (Å²) in [6, 6.07) is -0.403. The molecule has 2 saturated heterocycles. The number of carbonyl (C=O) groups is 2. The minimum atomic E-state index is -0.588. The zero-order valence-corrected chi connectivity index (χ0v) is 11.5. The van der Waals surface area contributed by atoms with Crippen LogP contribution in [-0.4, -0.2) is 47.6 Å². The van der Waals surface area contributed by atoms with Crippen molar-refractivity contribution in [2.45, 2.75) is 63.1 Å². The highest BCUT2D eigenvalue weighted by Crippen LogP contribution is 2.38. The van der Waals surface area contributed by atoms with Crippen molar-refractivity contribution in [2.24, 2.45) is 0 Å². The number of nitrogens with zero attached hydrogens (tertiary/aromatic N) is 1. The molecule has 3 rings (SSSR count). The Bertz CT molecular complexity index is 384. The van der Waals surface area contributed by atoms with Crippen molar-refractivity contribution in [3.8, 4) is 0 Å². The van der Waals surface area contributed by atoms with E-state index in [4.69, 9.17) is 4.74 Å². The van der Waals surface area contributed by atoms with E-state index in [1.807, 2.05) is 4.90 Å². The summed E-state index contributed by atoms with van der Waals surface area (Å²) in [4.78, 5) is 26.7. The zero-order valence-electron chi connectivity index (χ0n) is 11.5. The maximum atomic E-state index is 12.5. The largest absolute Gasteiger partial charge is 0.376 e. The summed E-state index contributed by atoms with van der Waals surface area (Å²) >= 11 is 0. The van der Waals surface area contributed by atoms with Crippen molar-refractivity contribution in [2.75, 3.05) is 13.2 Å². The first-order valence-corrected chi connectivity index (χ1v) is 7.37. The normalized spacial score (nSPS) is 34.1. The van der Waals surface area contributed by atoms with Gasteiger partial charge in [-0.25, -0.2) is 0 Å². The van der Waals surface area contributed by atoms with E-state index in [0.717, 1.165) is 45.1 Å². The molecule has 0 bridgehead atoms. The molecule has 5 nitrogen and oxygen atoms in total. The van der Waals surface area contributed by atoms with Crippen LogP contribution in [0.2, 0.25) is 0 Å². The molecule has 0 aromatic rings. The number of hydrogen-bond acceptors (Lipinski definition) is 3. The fraction of sp³-hybridized carbons (Fsp3) is 0.857. The second-order valence-corrected chi connectivity index (χ2v) is 6.02. The summed E-state index contributed by atoms with van der Waals surface area (Å²) in [5.74, 6) is 0.0899. The van der Waals surface area contributed by atoms with Gasteiger partial charge < -0.3 is 15.0 Å². The smallest absolute Gasteiger partial charge is 0.246 e. The predicted octanol–water partition coefficient (Wildman–Crippen LogP) is 0.825. The highest BCUT2D eigenvalue weighted by molar-refractivity contribution is 5.99. The minimum Gasteiger partial charge on any atom is -0.376 e. The average Bonchev–Trinajstić information content (AvgIpc) is 3.05. The van der Waals surface area contributed by atoms with Gasteiger partial charge in [-0.05, 0) is 32.6 Å². The third-order valence-corrected chi connectivity index (χ3v) is 4.76. The molecular formula is C14H22N2O3. The van der Waals surface area contributed by atoms with Crippen molar-refractivity contribution in [3.05, 3.63) is 0 Å². The van der Waals surface area contributed by atoms with E-state index in [2.05, 4.69) is 5.32 Å². The van der Waals surface area contributed by atoms with Gasteiger partial charge in [-0.2, -0.15) is 0 Å². The summed E-state index contributed by atoms with van der Waals surface area (Å²) in [7, 11) is 0. The highest BCUT2D eigenvalue weighted by Gasteiger charge is 2.53. The van der Waals surface area contributed by atoms with E-state index >= 15 is 0 Å². The van der Waals surface area contributed by atoms with Gasteiger partial charge in [0.2, 0.25) is 11.8 Å². The van der Waals surface area contributed by atoms with Crippen LogP contribution in [-0.2, 0) is 14.3 Å². The van der Waals surface area contributed by atoms with Crippen molar-refractivity contribution >= 4 is 11.8 Å². The Hall–Kier alpha value is -1.10. The standard InChI is InChI=1S/C14H22N2O3/c1-10-12(17)16(9-11-5-4-8-19-11)14(13(18)15-10)6-2-3-7-14/h10-11H,2-9H2,1H3,(H,15,18). The van der Waals surface area contributed by atoms with Crippen LogP contribution < -0.4 is 5.32 Å². The third kappa shape index (κ3) is 2.04. The summed E-state index contributed by atoms with van der Waals surface area (Å²) in [6.07, 6.45) is 5.80. The molecule has 106 valence electrons. The van der Waals surface area contributed by atoms with E-state index in [1.54, 1.807) is 6.92 Å². The third-order valence-electron chi connectivity index (χ3n) is 4.76. The van der Waals surface area contributed by atoms with Gasteiger partial charge >= 0.3 is 0 Å². The fourth-order valence-corrected chi connectivity index (χ4v) is 3.67. The first kappa shape index (κ1) is 12.9. The number of amides is 2. The summed E-state index contributed by atoms with van der Waals surface area (Å²) < 4.78 is 5.65. The van der Waals surface area contributed by atoms with Crippen LogP contribution in [0.3, 0.4) is 0 Å². The first-order chi connectivity index (χ1) is 9.13. The van der Waals surface area contributed by atoms with Crippen LogP contribution in [0.25, 0.3) is 0 Å². The first-order valence-electron chi connectivity index (χ1n) is 7.37. The van der Waals surface area contributed by atoms with Gasteiger partial charge in [0, 0.05) is 13.2 Å². The summed E-state index contributed by atoms with van der Waals surface area (Å²) in [5, 5.41) is 2.85. The molecule has 1 spiro atoms. The Balaban J connectivity index is 1.85. The zero-order chi connectivity index (χ0) is 13.5. The topological polar surface area (TPSA) is 58.6 Å². The molecule has 2 unspecified atom stereocenters. The number of hydrogen-bond donors (Lipinski definition) is 1. The quantitative estimate of drug-likeness (QED) is 0.805. The lowest BCUT2D eigenvalue weighted by atomic mass is 9.89. The van der Waals surface area contributed by atoms with Gasteiger partial charge in [0.1, 0.15) is 11.6 Å². The minimum absolute atomic E-state index is 0.0371. The number of carbonyl (C=O) groups excluding carboxylic acids is 2. The molecule has 5 heteroatoms. The molecule has 0 aromatic heterocycles. The van der Waals surface area contributed by atoms with Gasteiger partial charge in [0.15, 0.2) is 0 Å². The summed E-state index contributed by atoms with van der Waals surface area (Å²) in [6.45, 7) is 3.13. The summed E-state index contributed by atoms with van der Waals surface area (Å²) in [5.41, 5.74) is -0.588. The molecule has 1 aliphatic carbocycles. The Labute approximate surface area is 113 Å². The molecule has 19 heavy (non-hydrogen) atoms. The van der Waals surface area contributed by atoms with Crippen LogP contribution in [0, 0.1) is 0 Å². The highest BCUT2D eigenvalue weighted by atomic mass is 16.5. The second kappa shape index (κ2) is 4.78. The van der Waals surface area contributed by atoms with Gasteiger partial charge in [-0.15, -0.1) is 0 Å². The van der Waals surface area contributed by atoms with Gasteiger partial charge in [0.05, 0.1) is 6.10 Å². The predicted molar refractivity (Wildman–Crippen MR) is 69.5 cm³/mol. The fourth-order valence-electron chi connectivity index (χ4n) is 3.67. The molecule has 3 fully saturated rings. The molecular weight excluding hydrogens is 244 g/mol. The lowest BCUT2D eigenvalue weighted by molar-refractivity contribution is -0.158. The maximum Gasteiger partial charge on any atom is 0.246 e. The van der Waals surface area contributed by atoms with Crippen molar-refractivity contribution < 1.29 is 14.3 Å². The molecule has 2 aliphatic heterocycles. The molecule has 1 saturated carbocycles. The molecule has 0 aromatic carbocycles. The lowest BCUT2D eigenvalue weighted by Gasteiger charge is -2.46. The number of rotatable bonds is 2. The van der Waals surface area contributed by atoms with Crippen LogP contribution >= 0.6 is 0 Å². The van der Waals surface area contributed by atoms with Crippen LogP contribution in [0.5, 0.6) is 0 Å². The molecule has 3 aliphatic rings. The van der Waals surface area contributed by atoms with Crippen LogP contribution in [0.1, 0.15) is 45.4 Å². The Kier molecular flexibility index (Phi) is 3.25. The van der Waals surface area contributed by atoms with E-state index in [1.165, 1.54) is 0 Å². The van der Waals surface area contributed by atoms with Crippen molar-refractivity contribution in [3.63, 3.8) is 0 Å². The van der Waals surface area contributed by atoms with Gasteiger partial charge in [-0.1, -0.05) is 12.8 Å². The Morgan fingerprint density at radius 3 is 2.68 bits per heavy atom. The lowest BCUT2D eigenvalue weighted by Crippen LogP contribution is -2.70. The van der Waals surface area contributed by atoms with Gasteiger partial charge in [-0.3, -0.25) is 9.59 Å².